The van der Waals surface area contributed by atoms with Crippen molar-refractivity contribution in [3.05, 3.63) is 48.0 Å². The molecule has 120 valence electrons. The molecule has 0 aromatic heterocycles. The number of fused-ring (bicyclic) bond motifs is 1. The van der Waals surface area contributed by atoms with Gasteiger partial charge in [0.25, 0.3) is 0 Å². The van der Waals surface area contributed by atoms with Crippen molar-refractivity contribution in [2.75, 3.05) is 19.7 Å². The number of benzene rings is 2. The van der Waals surface area contributed by atoms with Crippen molar-refractivity contribution in [2.45, 2.75) is 4.90 Å². The zero-order valence-electron chi connectivity index (χ0n) is 12.3. The van der Waals surface area contributed by atoms with Gasteiger partial charge in [-0.1, -0.05) is 0 Å². The average Bonchev–Trinajstić information content (AvgIpc) is 2.99. The second kappa shape index (κ2) is 5.92. The van der Waals surface area contributed by atoms with Crippen molar-refractivity contribution >= 4 is 15.6 Å². The molecule has 2 aromatic carbocycles. The van der Waals surface area contributed by atoms with Crippen molar-refractivity contribution in [1.29, 1.82) is 0 Å². The number of sulfone groups is 1. The van der Waals surface area contributed by atoms with E-state index in [1.165, 1.54) is 24.3 Å². The van der Waals surface area contributed by atoms with Gasteiger partial charge in [0.05, 0.1) is 4.90 Å². The maximum Gasteiger partial charge on any atom is 0.231 e. The van der Waals surface area contributed by atoms with Crippen molar-refractivity contribution in [3.63, 3.8) is 0 Å². The van der Waals surface area contributed by atoms with Crippen molar-refractivity contribution in [2.24, 2.45) is 0 Å². The van der Waals surface area contributed by atoms with E-state index in [9.17, 15) is 13.2 Å². The van der Waals surface area contributed by atoms with E-state index in [4.69, 9.17) is 14.2 Å². The zero-order chi connectivity index (χ0) is 16.4. The van der Waals surface area contributed by atoms with E-state index in [0.29, 0.717) is 22.8 Å². The van der Waals surface area contributed by atoms with Gasteiger partial charge < -0.3 is 14.2 Å². The summed E-state index contributed by atoms with van der Waals surface area (Å²) in [5.74, 6) is 1.36. The van der Waals surface area contributed by atoms with Crippen LogP contribution in [0.4, 0.5) is 0 Å². The highest BCUT2D eigenvalue weighted by molar-refractivity contribution is 7.90. The van der Waals surface area contributed by atoms with E-state index in [1.807, 2.05) is 0 Å². The van der Waals surface area contributed by atoms with Gasteiger partial charge in [-0.2, -0.15) is 0 Å². The number of hydrogen-bond acceptors (Lipinski definition) is 6. The van der Waals surface area contributed by atoms with Crippen LogP contribution in [-0.4, -0.2) is 33.9 Å². The van der Waals surface area contributed by atoms with Gasteiger partial charge in [0.1, 0.15) is 5.75 Å². The Morgan fingerprint density at radius 1 is 1.09 bits per heavy atom. The summed E-state index contributed by atoms with van der Waals surface area (Å²) >= 11 is 0. The van der Waals surface area contributed by atoms with Crippen LogP contribution in [0.3, 0.4) is 0 Å². The first-order valence-electron chi connectivity index (χ1n) is 6.79. The Bertz CT molecular complexity index is 839. The molecule has 0 amide bonds. The van der Waals surface area contributed by atoms with Crippen LogP contribution in [0.15, 0.2) is 47.4 Å². The van der Waals surface area contributed by atoms with E-state index in [2.05, 4.69) is 0 Å². The van der Waals surface area contributed by atoms with Gasteiger partial charge >= 0.3 is 0 Å². The van der Waals surface area contributed by atoms with Crippen LogP contribution in [0.1, 0.15) is 10.4 Å². The van der Waals surface area contributed by atoms with Crippen LogP contribution in [0, 0.1) is 0 Å². The number of ketones is 1. The SMILES string of the molecule is CS(=O)(=O)c1ccc(OCC(=O)c2ccc3c(c2)OCO3)cc1. The Morgan fingerprint density at radius 3 is 2.48 bits per heavy atom. The molecule has 0 spiro atoms. The van der Waals surface area contributed by atoms with Crippen molar-refractivity contribution < 1.29 is 27.4 Å². The fraction of sp³-hybridized carbons (Fsp3) is 0.188. The van der Waals surface area contributed by atoms with Gasteiger partial charge in [-0.15, -0.1) is 0 Å². The molecule has 1 heterocycles. The summed E-state index contributed by atoms with van der Waals surface area (Å²) < 4.78 is 38.5. The molecule has 7 heteroatoms. The predicted molar refractivity (Wildman–Crippen MR) is 81.9 cm³/mol. The zero-order valence-corrected chi connectivity index (χ0v) is 13.1. The van der Waals surface area contributed by atoms with Crippen LogP contribution in [-0.2, 0) is 9.84 Å². The summed E-state index contributed by atoms with van der Waals surface area (Å²) in [6.07, 6.45) is 1.13. The largest absolute Gasteiger partial charge is 0.485 e. The molecule has 0 N–H and O–H groups in total. The summed E-state index contributed by atoms with van der Waals surface area (Å²) in [5.41, 5.74) is 0.460. The van der Waals surface area contributed by atoms with Gasteiger partial charge in [-0.3, -0.25) is 4.79 Å². The highest BCUT2D eigenvalue weighted by Crippen LogP contribution is 2.32. The van der Waals surface area contributed by atoms with Crippen LogP contribution in [0.2, 0.25) is 0 Å². The van der Waals surface area contributed by atoms with Gasteiger partial charge in [0.2, 0.25) is 6.79 Å². The third kappa shape index (κ3) is 3.45. The molecule has 1 aliphatic heterocycles. The molecule has 0 radical (unpaired) electrons. The van der Waals surface area contributed by atoms with Gasteiger partial charge in [0, 0.05) is 11.8 Å². The van der Waals surface area contributed by atoms with E-state index >= 15 is 0 Å². The number of carbonyl (C=O) groups excluding carboxylic acids is 1. The highest BCUT2D eigenvalue weighted by atomic mass is 32.2. The average molecular weight is 334 g/mol. The van der Waals surface area contributed by atoms with Crippen LogP contribution < -0.4 is 14.2 Å². The van der Waals surface area contributed by atoms with E-state index in [-0.39, 0.29) is 24.1 Å². The van der Waals surface area contributed by atoms with Crippen molar-refractivity contribution in [1.82, 2.24) is 0 Å². The molecule has 3 rings (SSSR count). The number of rotatable bonds is 5. The molecule has 1 aliphatic rings. The third-order valence-corrected chi connectivity index (χ3v) is 4.44. The molecule has 0 bridgehead atoms. The Hall–Kier alpha value is -2.54. The topological polar surface area (TPSA) is 78.9 Å². The fourth-order valence-corrected chi connectivity index (χ4v) is 2.72. The molecule has 0 saturated carbocycles. The van der Waals surface area contributed by atoms with E-state index in [0.717, 1.165) is 6.26 Å². The first kappa shape index (κ1) is 15.4. The minimum atomic E-state index is -3.25. The number of Topliss-reactive ketones (excluding diaryl/α,β-unsaturated/α-hetero) is 1. The summed E-state index contributed by atoms with van der Waals surface area (Å²) in [6.45, 7) is -0.00592. The summed E-state index contributed by atoms with van der Waals surface area (Å²) in [7, 11) is -3.25. The Morgan fingerprint density at radius 2 is 1.78 bits per heavy atom. The van der Waals surface area contributed by atoms with E-state index < -0.39 is 9.84 Å². The first-order chi connectivity index (χ1) is 10.9. The van der Waals surface area contributed by atoms with Crippen molar-refractivity contribution in [3.8, 4) is 17.2 Å². The monoisotopic (exact) mass is 334 g/mol. The summed E-state index contributed by atoms with van der Waals surface area (Å²) in [4.78, 5) is 12.3. The normalized spacial score (nSPS) is 12.9. The molecule has 0 aliphatic carbocycles. The second-order valence-electron chi connectivity index (χ2n) is 5.02. The summed E-state index contributed by atoms with van der Waals surface area (Å²) in [5, 5.41) is 0. The molecular weight excluding hydrogens is 320 g/mol. The lowest BCUT2D eigenvalue weighted by molar-refractivity contribution is 0.0921. The molecule has 0 unspecified atom stereocenters. The van der Waals surface area contributed by atoms with E-state index in [1.54, 1.807) is 18.2 Å². The molecule has 0 atom stereocenters. The van der Waals surface area contributed by atoms with Crippen LogP contribution in [0.5, 0.6) is 17.2 Å². The van der Waals surface area contributed by atoms with Crippen LogP contribution in [0.25, 0.3) is 0 Å². The lowest BCUT2D eigenvalue weighted by Crippen LogP contribution is -2.11. The quantitative estimate of drug-likeness (QED) is 0.779. The predicted octanol–water partition coefficient (Wildman–Crippen LogP) is 2.08. The Kier molecular flexibility index (Phi) is 3.96. The minimum Gasteiger partial charge on any atom is -0.485 e. The number of hydrogen-bond donors (Lipinski definition) is 0. The number of carbonyl (C=O) groups is 1. The smallest absolute Gasteiger partial charge is 0.231 e. The summed E-state index contributed by atoms with van der Waals surface area (Å²) in [6, 6.07) is 10.8. The molecule has 0 fully saturated rings. The standard InChI is InChI=1S/C16H14O6S/c1-23(18,19)13-5-3-12(4-6-13)20-9-14(17)11-2-7-15-16(8-11)22-10-21-15/h2-8H,9-10H2,1H3. The second-order valence-corrected chi connectivity index (χ2v) is 7.04. The minimum absolute atomic E-state index is 0.149. The van der Waals surface area contributed by atoms with Gasteiger partial charge in [-0.05, 0) is 42.5 Å². The highest BCUT2D eigenvalue weighted by Gasteiger charge is 2.16. The first-order valence-corrected chi connectivity index (χ1v) is 8.68. The molecular formula is C16H14O6S. The third-order valence-electron chi connectivity index (χ3n) is 3.32. The molecule has 2 aromatic rings. The Labute approximate surface area is 133 Å². The lowest BCUT2D eigenvalue weighted by Gasteiger charge is -2.07. The lowest BCUT2D eigenvalue weighted by atomic mass is 10.1. The maximum atomic E-state index is 12.1. The molecule has 6 nitrogen and oxygen atoms in total. The number of ether oxygens (including phenoxy) is 3. The molecule has 23 heavy (non-hydrogen) atoms. The Balaban J connectivity index is 1.65. The van der Waals surface area contributed by atoms with Crippen LogP contribution >= 0.6 is 0 Å². The fourth-order valence-electron chi connectivity index (χ4n) is 2.09. The van der Waals surface area contributed by atoms with Gasteiger partial charge in [-0.25, -0.2) is 8.42 Å². The van der Waals surface area contributed by atoms with Gasteiger partial charge in [0.15, 0.2) is 33.7 Å². The molecule has 0 saturated heterocycles. The maximum absolute atomic E-state index is 12.1.